The molecule has 0 saturated heterocycles. The van der Waals surface area contributed by atoms with Crippen LogP contribution in [0, 0.1) is 17.8 Å². The first-order chi connectivity index (χ1) is 7.99. The van der Waals surface area contributed by atoms with Crippen LogP contribution in [0.3, 0.4) is 0 Å². The van der Waals surface area contributed by atoms with E-state index in [9.17, 15) is 0 Å². The zero-order chi connectivity index (χ0) is 12.8. The van der Waals surface area contributed by atoms with Crippen molar-refractivity contribution in [3.05, 3.63) is 11.6 Å². The Morgan fingerprint density at radius 2 is 1.76 bits per heavy atom. The minimum atomic E-state index is 0.610. The lowest BCUT2D eigenvalue weighted by Crippen LogP contribution is -2.23. The van der Waals surface area contributed by atoms with Gasteiger partial charge >= 0.3 is 0 Å². The van der Waals surface area contributed by atoms with Crippen LogP contribution < -0.4 is 5.32 Å². The van der Waals surface area contributed by atoms with Crippen molar-refractivity contribution in [2.75, 3.05) is 6.54 Å². The van der Waals surface area contributed by atoms with Crippen LogP contribution in [0.15, 0.2) is 11.6 Å². The number of rotatable bonds is 5. The largest absolute Gasteiger partial charge is 0.314 e. The van der Waals surface area contributed by atoms with Gasteiger partial charge in [0.1, 0.15) is 0 Å². The molecule has 0 heterocycles. The van der Waals surface area contributed by atoms with E-state index >= 15 is 0 Å². The Bertz CT molecular complexity index is 232. The number of allylic oxidation sites excluding steroid dienone is 1. The van der Waals surface area contributed by atoms with Gasteiger partial charge in [-0.05, 0) is 56.9 Å². The molecule has 17 heavy (non-hydrogen) atoms. The molecule has 100 valence electrons. The van der Waals surface area contributed by atoms with Gasteiger partial charge in [-0.25, -0.2) is 0 Å². The van der Waals surface area contributed by atoms with E-state index < -0.39 is 0 Å². The van der Waals surface area contributed by atoms with Gasteiger partial charge in [-0.1, -0.05) is 39.3 Å². The van der Waals surface area contributed by atoms with E-state index in [1.54, 1.807) is 5.57 Å². The zero-order valence-electron chi connectivity index (χ0n) is 12.4. The van der Waals surface area contributed by atoms with Crippen LogP contribution in [0.25, 0.3) is 0 Å². The zero-order valence-corrected chi connectivity index (χ0v) is 12.4. The number of nitrogens with one attached hydrogen (secondary N) is 1. The molecular weight excluding hydrogens is 206 g/mol. The Labute approximate surface area is 108 Å². The third-order valence-corrected chi connectivity index (χ3v) is 3.99. The molecule has 1 nitrogen and oxygen atoms in total. The molecule has 2 atom stereocenters. The lowest BCUT2D eigenvalue weighted by atomic mass is 9.74. The highest BCUT2D eigenvalue weighted by Gasteiger charge is 2.24. The summed E-state index contributed by atoms with van der Waals surface area (Å²) in [4.78, 5) is 0. The van der Waals surface area contributed by atoms with Crippen molar-refractivity contribution in [2.45, 2.75) is 66.3 Å². The summed E-state index contributed by atoms with van der Waals surface area (Å²) in [6, 6.07) is 0.610. The summed E-state index contributed by atoms with van der Waals surface area (Å²) in [6.07, 6.45) is 7.89. The molecule has 1 rings (SSSR count). The number of hydrogen-bond donors (Lipinski definition) is 1. The molecule has 0 aromatic carbocycles. The monoisotopic (exact) mass is 237 g/mol. The highest BCUT2D eigenvalue weighted by atomic mass is 14.9. The highest BCUT2D eigenvalue weighted by Crippen LogP contribution is 2.36. The van der Waals surface area contributed by atoms with Gasteiger partial charge < -0.3 is 5.32 Å². The molecule has 2 unspecified atom stereocenters. The first-order valence-electron chi connectivity index (χ1n) is 7.39. The molecule has 0 amide bonds. The molecule has 0 bridgehead atoms. The summed E-state index contributed by atoms with van der Waals surface area (Å²) in [5.74, 6) is 2.69. The van der Waals surface area contributed by atoms with E-state index in [1.807, 2.05) is 0 Å². The van der Waals surface area contributed by atoms with Crippen LogP contribution in [-0.4, -0.2) is 12.6 Å². The molecule has 1 heteroatoms. The second-order valence-corrected chi connectivity index (χ2v) is 6.46. The van der Waals surface area contributed by atoms with Crippen LogP contribution >= 0.6 is 0 Å². The first kappa shape index (κ1) is 14.8. The fourth-order valence-electron chi connectivity index (χ4n) is 3.16. The van der Waals surface area contributed by atoms with Crippen LogP contribution in [0.5, 0.6) is 0 Å². The smallest absolute Gasteiger partial charge is 0.00105 e. The maximum atomic E-state index is 3.48. The van der Waals surface area contributed by atoms with E-state index in [-0.39, 0.29) is 0 Å². The quantitative estimate of drug-likeness (QED) is 0.552. The Morgan fingerprint density at radius 3 is 2.29 bits per heavy atom. The maximum Gasteiger partial charge on any atom is 0.00105 e. The minimum Gasteiger partial charge on any atom is -0.314 e. The summed E-state index contributed by atoms with van der Waals surface area (Å²) >= 11 is 0. The molecule has 0 radical (unpaired) electrons. The van der Waals surface area contributed by atoms with E-state index in [0.717, 1.165) is 24.3 Å². The van der Waals surface area contributed by atoms with Crippen molar-refractivity contribution in [2.24, 2.45) is 17.8 Å². The first-order valence-corrected chi connectivity index (χ1v) is 7.39. The Morgan fingerprint density at radius 1 is 1.18 bits per heavy atom. The summed E-state index contributed by atoms with van der Waals surface area (Å²) in [7, 11) is 0. The molecule has 0 aromatic rings. The third kappa shape index (κ3) is 5.72. The summed E-state index contributed by atoms with van der Waals surface area (Å²) in [6.45, 7) is 12.7. The van der Waals surface area contributed by atoms with Crippen LogP contribution in [0.2, 0.25) is 0 Å². The van der Waals surface area contributed by atoms with Gasteiger partial charge in [0.25, 0.3) is 0 Å². The maximum absolute atomic E-state index is 3.48. The molecule has 0 aromatic heterocycles. The molecule has 1 N–H and O–H groups in total. The molecule has 1 aliphatic carbocycles. The van der Waals surface area contributed by atoms with Crippen molar-refractivity contribution in [1.82, 2.24) is 5.32 Å². The Hall–Kier alpha value is -0.300. The predicted octanol–water partition coefficient (Wildman–Crippen LogP) is 4.39. The fraction of sp³-hybridized carbons (Fsp3) is 0.875. The van der Waals surface area contributed by atoms with E-state index in [0.29, 0.717) is 6.04 Å². The van der Waals surface area contributed by atoms with Gasteiger partial charge in [-0.15, -0.1) is 0 Å². The van der Waals surface area contributed by atoms with Gasteiger partial charge in [0.2, 0.25) is 0 Å². The van der Waals surface area contributed by atoms with Crippen LogP contribution in [0.1, 0.15) is 60.3 Å². The molecule has 0 spiro atoms. The van der Waals surface area contributed by atoms with Gasteiger partial charge in [0.15, 0.2) is 0 Å². The second kappa shape index (κ2) is 7.20. The van der Waals surface area contributed by atoms with Crippen molar-refractivity contribution < 1.29 is 0 Å². The van der Waals surface area contributed by atoms with Crippen molar-refractivity contribution in [3.8, 4) is 0 Å². The standard InChI is InChI=1S/C16H31N/c1-12(2)17-8-6-7-15(5)16-10-13(3)9-14(4)11-16/h7,12-14,16-17H,6,8-11H2,1-5H3. The van der Waals surface area contributed by atoms with E-state index in [2.05, 4.69) is 46.0 Å². The summed E-state index contributed by atoms with van der Waals surface area (Å²) in [5.41, 5.74) is 1.63. The van der Waals surface area contributed by atoms with Crippen molar-refractivity contribution >= 4 is 0 Å². The fourth-order valence-corrected chi connectivity index (χ4v) is 3.16. The lowest BCUT2D eigenvalue weighted by Gasteiger charge is -2.32. The summed E-state index contributed by atoms with van der Waals surface area (Å²) < 4.78 is 0. The SMILES string of the molecule is CC(=CCCNC(C)C)C1CC(C)CC(C)C1. The second-order valence-electron chi connectivity index (χ2n) is 6.46. The molecule has 0 aliphatic heterocycles. The molecule has 1 saturated carbocycles. The predicted molar refractivity (Wildman–Crippen MR) is 77.2 cm³/mol. The van der Waals surface area contributed by atoms with Crippen molar-refractivity contribution in [3.63, 3.8) is 0 Å². The topological polar surface area (TPSA) is 12.0 Å². The van der Waals surface area contributed by atoms with Crippen LogP contribution in [0.4, 0.5) is 0 Å². The van der Waals surface area contributed by atoms with Gasteiger partial charge in [-0.3, -0.25) is 0 Å². The van der Waals surface area contributed by atoms with Crippen LogP contribution in [-0.2, 0) is 0 Å². The lowest BCUT2D eigenvalue weighted by molar-refractivity contribution is 0.243. The minimum absolute atomic E-state index is 0.610. The normalized spacial score (nSPS) is 30.9. The third-order valence-electron chi connectivity index (χ3n) is 3.99. The van der Waals surface area contributed by atoms with Gasteiger partial charge in [0.05, 0.1) is 0 Å². The highest BCUT2D eigenvalue weighted by molar-refractivity contribution is 5.05. The average molecular weight is 237 g/mol. The van der Waals surface area contributed by atoms with E-state index in [4.69, 9.17) is 0 Å². The van der Waals surface area contributed by atoms with Gasteiger partial charge in [0, 0.05) is 6.04 Å². The average Bonchev–Trinajstić information content (AvgIpc) is 2.22. The van der Waals surface area contributed by atoms with Gasteiger partial charge in [-0.2, -0.15) is 0 Å². The molecule has 1 fully saturated rings. The molecular formula is C16H31N. The Kier molecular flexibility index (Phi) is 6.26. The number of hydrogen-bond acceptors (Lipinski definition) is 1. The summed E-state index contributed by atoms with van der Waals surface area (Å²) in [5, 5.41) is 3.48. The van der Waals surface area contributed by atoms with Crippen molar-refractivity contribution in [1.29, 1.82) is 0 Å². The molecule has 1 aliphatic rings. The Balaban J connectivity index is 2.34. The van der Waals surface area contributed by atoms with E-state index in [1.165, 1.54) is 25.7 Å².